The Bertz CT molecular complexity index is 533. The Morgan fingerprint density at radius 1 is 0.944 bits per heavy atom. The van der Waals surface area contributed by atoms with E-state index in [1.54, 1.807) is 0 Å². The molecule has 3 rings (SSSR count). The number of rotatable bonds is 3. The van der Waals surface area contributed by atoms with E-state index in [0.717, 1.165) is 6.42 Å². The molecule has 0 atom stereocenters. The van der Waals surface area contributed by atoms with Gasteiger partial charge in [0.15, 0.2) is 0 Å². The molecule has 1 heteroatoms. The first-order valence-electron chi connectivity index (χ1n) is 6.91. The molecule has 2 aromatic rings. The van der Waals surface area contributed by atoms with Crippen molar-refractivity contribution < 1.29 is 5.11 Å². The van der Waals surface area contributed by atoms with E-state index >= 15 is 0 Å². The Hall–Kier alpha value is -1.34. The summed E-state index contributed by atoms with van der Waals surface area (Å²) in [4.78, 5) is 0. The Morgan fingerprint density at radius 3 is 2.44 bits per heavy atom. The van der Waals surface area contributed by atoms with E-state index in [4.69, 9.17) is 0 Å². The summed E-state index contributed by atoms with van der Waals surface area (Å²) in [5.74, 6) is 0. The van der Waals surface area contributed by atoms with Gasteiger partial charge >= 0.3 is 0 Å². The van der Waals surface area contributed by atoms with Gasteiger partial charge in [-0.2, -0.15) is 0 Å². The second-order valence-electron chi connectivity index (χ2n) is 5.68. The highest BCUT2D eigenvalue weighted by atomic mass is 16.3. The van der Waals surface area contributed by atoms with Crippen LogP contribution in [0.3, 0.4) is 0 Å². The minimum atomic E-state index is 0.143. The molecule has 0 unspecified atom stereocenters. The van der Waals surface area contributed by atoms with Crippen molar-refractivity contribution in [3.8, 4) is 0 Å². The Kier molecular flexibility index (Phi) is 3.09. The molecule has 1 nitrogen and oxygen atoms in total. The van der Waals surface area contributed by atoms with Crippen LogP contribution >= 0.6 is 0 Å². The van der Waals surface area contributed by atoms with Gasteiger partial charge in [0.1, 0.15) is 0 Å². The molecular formula is C17H20O. The average Bonchev–Trinajstić information content (AvgIpc) is 2.88. The lowest BCUT2D eigenvalue weighted by Gasteiger charge is -2.27. The zero-order chi connectivity index (χ0) is 12.4. The maximum absolute atomic E-state index is 9.75. The van der Waals surface area contributed by atoms with Gasteiger partial charge in [0, 0.05) is 6.61 Å². The van der Waals surface area contributed by atoms with Crippen LogP contribution in [0.15, 0.2) is 42.5 Å². The van der Waals surface area contributed by atoms with Crippen molar-refractivity contribution in [1.29, 1.82) is 0 Å². The van der Waals surface area contributed by atoms with E-state index in [1.165, 1.54) is 42.0 Å². The molecule has 94 valence electrons. The zero-order valence-corrected chi connectivity index (χ0v) is 10.7. The Balaban J connectivity index is 1.99. The first-order chi connectivity index (χ1) is 8.83. The van der Waals surface area contributed by atoms with Gasteiger partial charge in [-0.15, -0.1) is 0 Å². The first kappa shape index (κ1) is 11.7. The summed E-state index contributed by atoms with van der Waals surface area (Å²) in [6.07, 6.45) is 5.90. The molecule has 2 aromatic carbocycles. The molecule has 1 saturated carbocycles. The Morgan fingerprint density at radius 2 is 1.67 bits per heavy atom. The maximum Gasteiger partial charge on any atom is 0.0490 e. The summed E-state index contributed by atoms with van der Waals surface area (Å²) >= 11 is 0. The van der Waals surface area contributed by atoms with Gasteiger partial charge in [0.05, 0.1) is 0 Å². The molecule has 0 spiro atoms. The first-order valence-corrected chi connectivity index (χ1v) is 6.91. The molecule has 0 bridgehead atoms. The van der Waals surface area contributed by atoms with Crippen molar-refractivity contribution in [2.45, 2.75) is 32.1 Å². The van der Waals surface area contributed by atoms with Crippen LogP contribution in [-0.4, -0.2) is 11.7 Å². The number of hydrogen-bond acceptors (Lipinski definition) is 1. The second-order valence-corrected chi connectivity index (χ2v) is 5.68. The summed E-state index contributed by atoms with van der Waals surface area (Å²) in [5, 5.41) is 12.4. The standard InChI is InChI=1S/C17H20O/c18-13-17(10-3-4-11-17)12-15-8-5-7-14-6-1-2-9-16(14)15/h1-2,5-9,18H,3-4,10-13H2. The summed E-state index contributed by atoms with van der Waals surface area (Å²) < 4.78 is 0. The highest BCUT2D eigenvalue weighted by Crippen LogP contribution is 2.41. The van der Waals surface area contributed by atoms with Gasteiger partial charge in [0.25, 0.3) is 0 Å². The average molecular weight is 240 g/mol. The Labute approximate surface area is 108 Å². The van der Waals surface area contributed by atoms with Crippen LogP contribution < -0.4 is 0 Å². The van der Waals surface area contributed by atoms with Crippen LogP contribution in [-0.2, 0) is 6.42 Å². The summed E-state index contributed by atoms with van der Waals surface area (Å²) in [5.41, 5.74) is 1.54. The molecular weight excluding hydrogens is 220 g/mol. The van der Waals surface area contributed by atoms with Crippen molar-refractivity contribution >= 4 is 10.8 Å². The lowest BCUT2D eigenvalue weighted by molar-refractivity contribution is 0.131. The summed E-state index contributed by atoms with van der Waals surface area (Å²) in [7, 11) is 0. The van der Waals surface area contributed by atoms with Crippen molar-refractivity contribution in [2.24, 2.45) is 5.41 Å². The van der Waals surface area contributed by atoms with Crippen LogP contribution in [0, 0.1) is 5.41 Å². The fourth-order valence-corrected chi connectivity index (χ4v) is 3.37. The third-order valence-corrected chi connectivity index (χ3v) is 4.45. The van der Waals surface area contributed by atoms with Crippen LogP contribution in [0.4, 0.5) is 0 Å². The number of aliphatic hydroxyl groups is 1. The van der Waals surface area contributed by atoms with E-state index in [-0.39, 0.29) is 5.41 Å². The topological polar surface area (TPSA) is 20.2 Å². The lowest BCUT2D eigenvalue weighted by atomic mass is 9.80. The number of hydrogen-bond donors (Lipinski definition) is 1. The smallest absolute Gasteiger partial charge is 0.0490 e. The molecule has 0 aromatic heterocycles. The van der Waals surface area contributed by atoms with E-state index < -0.39 is 0 Å². The predicted molar refractivity (Wildman–Crippen MR) is 75.6 cm³/mol. The molecule has 0 saturated heterocycles. The van der Waals surface area contributed by atoms with Crippen molar-refractivity contribution in [1.82, 2.24) is 0 Å². The SMILES string of the molecule is OCC1(Cc2cccc3ccccc23)CCCC1. The van der Waals surface area contributed by atoms with E-state index in [2.05, 4.69) is 42.5 Å². The lowest BCUT2D eigenvalue weighted by Crippen LogP contribution is -2.24. The van der Waals surface area contributed by atoms with Gasteiger partial charge < -0.3 is 5.11 Å². The van der Waals surface area contributed by atoms with Crippen molar-refractivity contribution in [3.63, 3.8) is 0 Å². The monoisotopic (exact) mass is 240 g/mol. The molecule has 0 heterocycles. The minimum absolute atomic E-state index is 0.143. The van der Waals surface area contributed by atoms with Crippen LogP contribution in [0.5, 0.6) is 0 Å². The van der Waals surface area contributed by atoms with Crippen molar-refractivity contribution in [3.05, 3.63) is 48.0 Å². The number of aliphatic hydroxyl groups excluding tert-OH is 1. The molecule has 0 aliphatic heterocycles. The van der Waals surface area contributed by atoms with Gasteiger partial charge in [-0.05, 0) is 41.0 Å². The highest BCUT2D eigenvalue weighted by Gasteiger charge is 2.33. The summed E-state index contributed by atoms with van der Waals surface area (Å²) in [6.45, 7) is 0.330. The highest BCUT2D eigenvalue weighted by molar-refractivity contribution is 5.85. The molecule has 1 aliphatic carbocycles. The maximum atomic E-state index is 9.75. The molecule has 1 N–H and O–H groups in total. The zero-order valence-electron chi connectivity index (χ0n) is 10.7. The van der Waals surface area contributed by atoms with Gasteiger partial charge in [-0.1, -0.05) is 55.3 Å². The summed E-state index contributed by atoms with van der Waals surface area (Å²) in [6, 6.07) is 15.1. The fourth-order valence-electron chi connectivity index (χ4n) is 3.37. The second kappa shape index (κ2) is 4.74. The molecule has 0 amide bonds. The van der Waals surface area contributed by atoms with E-state index in [0.29, 0.717) is 6.61 Å². The predicted octanol–water partition coefficient (Wildman–Crippen LogP) is 3.94. The van der Waals surface area contributed by atoms with E-state index in [1.807, 2.05) is 0 Å². The molecule has 0 radical (unpaired) electrons. The molecule has 18 heavy (non-hydrogen) atoms. The molecule has 1 aliphatic rings. The molecule has 1 fully saturated rings. The largest absolute Gasteiger partial charge is 0.396 e. The van der Waals surface area contributed by atoms with Gasteiger partial charge in [-0.25, -0.2) is 0 Å². The van der Waals surface area contributed by atoms with Crippen molar-refractivity contribution in [2.75, 3.05) is 6.61 Å². The van der Waals surface area contributed by atoms with Crippen LogP contribution in [0.25, 0.3) is 10.8 Å². The third-order valence-electron chi connectivity index (χ3n) is 4.45. The minimum Gasteiger partial charge on any atom is -0.396 e. The third kappa shape index (κ3) is 2.04. The van der Waals surface area contributed by atoms with Crippen LogP contribution in [0.1, 0.15) is 31.2 Å². The quantitative estimate of drug-likeness (QED) is 0.861. The number of fused-ring (bicyclic) bond motifs is 1. The van der Waals surface area contributed by atoms with Crippen LogP contribution in [0.2, 0.25) is 0 Å². The normalized spacial score (nSPS) is 18.3. The van der Waals surface area contributed by atoms with E-state index in [9.17, 15) is 5.11 Å². The van der Waals surface area contributed by atoms with Gasteiger partial charge in [0.2, 0.25) is 0 Å². The fraction of sp³-hybridized carbons (Fsp3) is 0.412. The number of benzene rings is 2. The van der Waals surface area contributed by atoms with Gasteiger partial charge in [-0.3, -0.25) is 0 Å².